The number of esters is 2. The molecule has 0 radical (unpaired) electrons. The fourth-order valence-electron chi connectivity index (χ4n) is 1.94. The highest BCUT2D eigenvalue weighted by molar-refractivity contribution is 6.03. The van der Waals surface area contributed by atoms with Gasteiger partial charge in [-0.3, -0.25) is 9.59 Å². The van der Waals surface area contributed by atoms with E-state index >= 15 is 0 Å². The lowest BCUT2D eigenvalue weighted by Crippen LogP contribution is -2.27. The number of carboxylic acids is 2. The molecule has 136 valence electrons. The van der Waals surface area contributed by atoms with E-state index in [1.54, 1.807) is 31.2 Å². The Bertz CT molecular complexity index is 621. The molecule has 2 rings (SSSR count). The second-order valence-corrected chi connectivity index (χ2v) is 5.35. The van der Waals surface area contributed by atoms with Crippen LogP contribution in [0.5, 0.6) is 0 Å². The number of fused-ring (bicyclic) bond motifs is 1. The number of rotatable bonds is 5. The summed E-state index contributed by atoms with van der Waals surface area (Å²) in [7, 11) is 0. The first-order valence-corrected chi connectivity index (χ1v) is 7.72. The van der Waals surface area contributed by atoms with Crippen molar-refractivity contribution in [2.45, 2.75) is 38.7 Å². The van der Waals surface area contributed by atoms with Crippen LogP contribution in [0, 0.1) is 0 Å². The van der Waals surface area contributed by atoms with Crippen molar-refractivity contribution in [3.05, 3.63) is 35.4 Å². The fourth-order valence-corrected chi connectivity index (χ4v) is 1.94. The predicted octanol–water partition coefficient (Wildman–Crippen LogP) is 2.12. The molecule has 0 amide bonds. The Morgan fingerprint density at radius 3 is 1.96 bits per heavy atom. The van der Waals surface area contributed by atoms with Crippen molar-refractivity contribution in [3.8, 4) is 0 Å². The Morgan fingerprint density at radius 2 is 1.48 bits per heavy atom. The third-order valence-electron chi connectivity index (χ3n) is 3.16. The van der Waals surface area contributed by atoms with Crippen molar-refractivity contribution in [2.24, 2.45) is 0 Å². The van der Waals surface area contributed by atoms with E-state index in [9.17, 15) is 19.2 Å². The lowest BCUT2D eigenvalue weighted by atomic mass is 10.1. The summed E-state index contributed by atoms with van der Waals surface area (Å²) in [5, 5.41) is 16.3. The Kier molecular flexibility index (Phi) is 8.11. The fraction of sp³-hybridized carbons (Fsp3) is 0.412. The van der Waals surface area contributed by atoms with Gasteiger partial charge >= 0.3 is 23.9 Å². The smallest absolute Gasteiger partial charge is 0.339 e. The van der Waals surface area contributed by atoms with E-state index in [1.165, 1.54) is 0 Å². The van der Waals surface area contributed by atoms with Crippen molar-refractivity contribution in [1.82, 2.24) is 0 Å². The zero-order valence-corrected chi connectivity index (χ0v) is 13.8. The first-order valence-electron chi connectivity index (χ1n) is 7.72. The van der Waals surface area contributed by atoms with Crippen molar-refractivity contribution in [1.29, 1.82) is 0 Å². The molecule has 1 aliphatic heterocycles. The summed E-state index contributed by atoms with van der Waals surface area (Å²) in [6, 6.07) is 6.46. The van der Waals surface area contributed by atoms with E-state index in [-0.39, 0.29) is 30.6 Å². The molecule has 8 nitrogen and oxygen atoms in total. The highest BCUT2D eigenvalue weighted by atomic mass is 16.6. The highest BCUT2D eigenvalue weighted by Gasteiger charge is 2.24. The molecule has 1 unspecified atom stereocenters. The van der Waals surface area contributed by atoms with Gasteiger partial charge in [0, 0.05) is 12.8 Å². The normalized spacial score (nSPS) is 16.1. The van der Waals surface area contributed by atoms with Gasteiger partial charge in [0.25, 0.3) is 0 Å². The standard InChI is InChI=1S/C11H10O4.C6H10O4/c1-7-6-14-10(12)8-4-2-3-5-9(8)11(13)15-7;7-5(8)3-1-2-4-6(9)10/h2-5,7H,6H2,1H3;1-4H2,(H,7,8)(H,9,10). The number of carbonyl (C=O) groups excluding carboxylic acids is 2. The van der Waals surface area contributed by atoms with Crippen molar-refractivity contribution >= 4 is 23.9 Å². The molecule has 1 aliphatic rings. The molecule has 0 fully saturated rings. The van der Waals surface area contributed by atoms with Gasteiger partial charge in [-0.1, -0.05) is 12.1 Å². The zero-order chi connectivity index (χ0) is 18.8. The average molecular weight is 352 g/mol. The number of unbranched alkanes of at least 4 members (excludes halogenated alkanes) is 1. The van der Waals surface area contributed by atoms with Gasteiger partial charge in [0.2, 0.25) is 0 Å². The Hall–Kier alpha value is -2.90. The molecule has 25 heavy (non-hydrogen) atoms. The molecule has 8 heteroatoms. The van der Waals surface area contributed by atoms with E-state index in [1.807, 2.05) is 0 Å². The summed E-state index contributed by atoms with van der Waals surface area (Å²) >= 11 is 0. The molecule has 0 saturated carbocycles. The Morgan fingerprint density at radius 1 is 1.00 bits per heavy atom. The van der Waals surface area contributed by atoms with Crippen molar-refractivity contribution in [2.75, 3.05) is 6.61 Å². The number of hydrogen-bond acceptors (Lipinski definition) is 6. The van der Waals surface area contributed by atoms with E-state index in [0.717, 1.165) is 0 Å². The third kappa shape index (κ3) is 7.47. The Balaban J connectivity index is 0.000000275. The second-order valence-electron chi connectivity index (χ2n) is 5.35. The van der Waals surface area contributed by atoms with E-state index < -0.39 is 30.0 Å². The van der Waals surface area contributed by atoms with E-state index in [2.05, 4.69) is 0 Å². The van der Waals surface area contributed by atoms with Gasteiger partial charge in [0.15, 0.2) is 0 Å². The molecule has 2 N–H and O–H groups in total. The van der Waals surface area contributed by atoms with Crippen LogP contribution in [0.2, 0.25) is 0 Å². The van der Waals surface area contributed by atoms with Crippen LogP contribution in [0.3, 0.4) is 0 Å². The van der Waals surface area contributed by atoms with Crippen LogP contribution in [0.15, 0.2) is 24.3 Å². The van der Waals surface area contributed by atoms with Crippen LogP contribution < -0.4 is 0 Å². The number of hydrogen-bond donors (Lipinski definition) is 2. The third-order valence-corrected chi connectivity index (χ3v) is 3.16. The average Bonchev–Trinajstić information content (AvgIpc) is 2.56. The first kappa shape index (κ1) is 20.1. The van der Waals surface area contributed by atoms with Crippen LogP contribution in [-0.2, 0) is 19.1 Å². The SMILES string of the molecule is CC1COC(=O)c2ccccc2C(=O)O1.O=C(O)CCCCC(=O)O. The van der Waals surface area contributed by atoms with Gasteiger partial charge < -0.3 is 19.7 Å². The predicted molar refractivity (Wildman–Crippen MR) is 85.3 cm³/mol. The second kappa shape index (κ2) is 10.1. The molecule has 1 aromatic rings. The summed E-state index contributed by atoms with van der Waals surface area (Å²) in [4.78, 5) is 42.9. The number of carboxylic acid groups (broad SMARTS) is 2. The number of benzene rings is 1. The summed E-state index contributed by atoms with van der Waals surface area (Å²) in [5.41, 5.74) is 0.517. The molecule has 0 spiro atoms. The topological polar surface area (TPSA) is 127 Å². The quantitative estimate of drug-likeness (QED) is 0.609. The van der Waals surface area contributed by atoms with Crippen LogP contribution >= 0.6 is 0 Å². The maximum absolute atomic E-state index is 11.6. The van der Waals surface area contributed by atoms with Gasteiger partial charge in [-0.05, 0) is 31.9 Å². The van der Waals surface area contributed by atoms with E-state index in [0.29, 0.717) is 12.8 Å². The minimum Gasteiger partial charge on any atom is -0.481 e. The Labute approximate surface area is 144 Å². The highest BCUT2D eigenvalue weighted by Crippen LogP contribution is 2.15. The van der Waals surface area contributed by atoms with Crippen LogP contribution in [-0.4, -0.2) is 46.8 Å². The summed E-state index contributed by atoms with van der Waals surface area (Å²) in [5.74, 6) is -2.69. The lowest BCUT2D eigenvalue weighted by Gasteiger charge is -2.18. The maximum Gasteiger partial charge on any atom is 0.339 e. The molecular formula is C17H20O8. The summed E-state index contributed by atoms with van der Waals surface area (Å²) < 4.78 is 10.0. The zero-order valence-electron chi connectivity index (χ0n) is 13.8. The number of carbonyl (C=O) groups is 4. The van der Waals surface area contributed by atoms with Crippen LogP contribution in [0.4, 0.5) is 0 Å². The monoisotopic (exact) mass is 352 g/mol. The molecule has 1 atom stereocenters. The van der Waals surface area contributed by atoms with Crippen LogP contribution in [0.25, 0.3) is 0 Å². The van der Waals surface area contributed by atoms with Gasteiger partial charge in [0.05, 0.1) is 11.1 Å². The molecular weight excluding hydrogens is 332 g/mol. The summed E-state index contributed by atoms with van der Waals surface area (Å²) in [6.07, 6.45) is 0.610. The number of aliphatic carboxylic acids is 2. The molecule has 0 bridgehead atoms. The largest absolute Gasteiger partial charge is 0.481 e. The number of cyclic esters (lactones) is 2. The van der Waals surface area contributed by atoms with Crippen molar-refractivity contribution in [3.63, 3.8) is 0 Å². The van der Waals surface area contributed by atoms with E-state index in [4.69, 9.17) is 19.7 Å². The molecule has 0 saturated heterocycles. The minimum absolute atomic E-state index is 0.0628. The van der Waals surface area contributed by atoms with Crippen molar-refractivity contribution < 1.29 is 38.9 Å². The lowest BCUT2D eigenvalue weighted by molar-refractivity contribution is -0.139. The van der Waals surface area contributed by atoms with Crippen LogP contribution in [0.1, 0.15) is 53.3 Å². The maximum atomic E-state index is 11.6. The number of ether oxygens (including phenoxy) is 2. The molecule has 0 aliphatic carbocycles. The summed E-state index contributed by atoms with van der Waals surface area (Å²) in [6.45, 7) is 1.78. The van der Waals surface area contributed by atoms with Gasteiger partial charge in [-0.2, -0.15) is 0 Å². The van der Waals surface area contributed by atoms with Gasteiger partial charge in [0.1, 0.15) is 12.7 Å². The minimum atomic E-state index is -0.870. The molecule has 1 heterocycles. The van der Waals surface area contributed by atoms with Gasteiger partial charge in [-0.25, -0.2) is 9.59 Å². The van der Waals surface area contributed by atoms with Gasteiger partial charge in [-0.15, -0.1) is 0 Å². The first-order chi connectivity index (χ1) is 11.8. The molecule has 0 aromatic heterocycles. The molecule has 1 aromatic carbocycles.